The van der Waals surface area contributed by atoms with Crippen molar-refractivity contribution in [1.29, 1.82) is 0 Å². The van der Waals surface area contributed by atoms with Crippen LogP contribution in [0.25, 0.3) is 0 Å². The molecule has 2 atom stereocenters. The van der Waals surface area contributed by atoms with E-state index in [4.69, 9.17) is 18.5 Å². The fourth-order valence-electron chi connectivity index (χ4n) is 8.83. The number of phosphoric acid groups is 1. The summed E-state index contributed by atoms with van der Waals surface area (Å²) in [6.45, 7) is 5.34. The van der Waals surface area contributed by atoms with Gasteiger partial charge in [-0.05, 0) is 77.0 Å². The summed E-state index contributed by atoms with van der Waals surface area (Å²) in [5.74, 6) is -0.331. The Morgan fingerprint density at radius 3 is 1.21 bits per heavy atom. The number of esters is 1. The first-order valence-electron chi connectivity index (χ1n) is 31.0. The highest BCUT2D eigenvalue weighted by Crippen LogP contribution is 2.38. The van der Waals surface area contributed by atoms with Gasteiger partial charge in [0.1, 0.15) is 19.3 Å². The second kappa shape index (κ2) is 56.4. The lowest BCUT2D eigenvalue weighted by Crippen LogP contribution is -2.37. The summed E-state index contributed by atoms with van der Waals surface area (Å²) in [4.78, 5) is 25.3. The van der Waals surface area contributed by atoms with Crippen molar-refractivity contribution >= 4 is 13.8 Å². The van der Waals surface area contributed by atoms with Crippen molar-refractivity contribution in [2.75, 3.05) is 54.1 Å². The second-order valence-electron chi connectivity index (χ2n) is 22.0. The Bertz CT molecular complexity index is 1350. The van der Waals surface area contributed by atoms with E-state index in [0.29, 0.717) is 24.1 Å². The number of rotatable bonds is 58. The summed E-state index contributed by atoms with van der Waals surface area (Å²) >= 11 is 0. The van der Waals surface area contributed by atoms with Crippen LogP contribution in [0.1, 0.15) is 284 Å². The van der Waals surface area contributed by atoms with E-state index in [1.54, 1.807) is 0 Å². The zero-order valence-electron chi connectivity index (χ0n) is 48.8. The molecule has 73 heavy (non-hydrogen) atoms. The lowest BCUT2D eigenvalue weighted by molar-refractivity contribution is -0.870. The number of likely N-dealkylation sites (N-methyl/N-ethyl adjacent to an activating group) is 1. The van der Waals surface area contributed by atoms with Crippen LogP contribution in [0, 0.1) is 0 Å². The molecule has 0 N–H and O–H groups in total. The fourth-order valence-corrected chi connectivity index (χ4v) is 9.56. The van der Waals surface area contributed by atoms with E-state index in [1.807, 2.05) is 21.1 Å². The van der Waals surface area contributed by atoms with Crippen LogP contribution in [0.4, 0.5) is 0 Å². The molecule has 0 aromatic carbocycles. The summed E-state index contributed by atoms with van der Waals surface area (Å²) in [5.41, 5.74) is 0. The molecule has 0 heterocycles. The topological polar surface area (TPSA) is 94.1 Å². The van der Waals surface area contributed by atoms with Crippen LogP contribution in [0.15, 0.2) is 60.8 Å². The predicted octanol–water partition coefficient (Wildman–Crippen LogP) is 19.3. The molecule has 0 aliphatic carbocycles. The number of hydrogen-bond acceptors (Lipinski definition) is 7. The number of nitrogens with zero attached hydrogens (tertiary/aromatic N) is 1. The highest BCUT2D eigenvalue weighted by atomic mass is 31.2. The number of allylic oxidation sites excluding steroid dienone is 10. The minimum Gasteiger partial charge on any atom is -0.756 e. The van der Waals surface area contributed by atoms with Gasteiger partial charge in [0.15, 0.2) is 0 Å². The average Bonchev–Trinajstić information content (AvgIpc) is 3.35. The van der Waals surface area contributed by atoms with Crippen molar-refractivity contribution in [3.8, 4) is 0 Å². The van der Waals surface area contributed by atoms with Gasteiger partial charge in [0, 0.05) is 13.0 Å². The van der Waals surface area contributed by atoms with Crippen LogP contribution in [-0.4, -0.2) is 70.7 Å². The Kier molecular flexibility index (Phi) is 55.0. The van der Waals surface area contributed by atoms with Crippen molar-refractivity contribution in [2.24, 2.45) is 0 Å². The highest BCUT2D eigenvalue weighted by Gasteiger charge is 2.20. The van der Waals surface area contributed by atoms with E-state index >= 15 is 0 Å². The first-order valence-corrected chi connectivity index (χ1v) is 32.5. The summed E-state index contributed by atoms with van der Waals surface area (Å²) in [7, 11) is 1.36. The maximum Gasteiger partial charge on any atom is 0.306 e. The smallest absolute Gasteiger partial charge is 0.306 e. The van der Waals surface area contributed by atoms with E-state index < -0.39 is 13.9 Å². The molecule has 0 bridgehead atoms. The van der Waals surface area contributed by atoms with Gasteiger partial charge in [0.2, 0.25) is 0 Å². The number of hydrogen-bond donors (Lipinski definition) is 0. The number of ether oxygens (including phenoxy) is 2. The van der Waals surface area contributed by atoms with E-state index in [2.05, 4.69) is 74.6 Å². The molecule has 0 spiro atoms. The largest absolute Gasteiger partial charge is 0.756 e. The quantitative estimate of drug-likeness (QED) is 0.0197. The number of carbonyl (C=O) groups excluding carboxylic acids is 1. The molecule has 8 nitrogen and oxygen atoms in total. The molecule has 2 unspecified atom stereocenters. The van der Waals surface area contributed by atoms with Crippen molar-refractivity contribution in [3.05, 3.63) is 60.8 Å². The van der Waals surface area contributed by atoms with Gasteiger partial charge in [0.25, 0.3) is 7.82 Å². The van der Waals surface area contributed by atoms with Gasteiger partial charge in [-0.15, -0.1) is 0 Å². The van der Waals surface area contributed by atoms with Gasteiger partial charge in [-0.1, -0.05) is 261 Å². The Labute approximate surface area is 453 Å². The Hall–Kier alpha value is -1.80. The van der Waals surface area contributed by atoms with Crippen LogP contribution < -0.4 is 4.89 Å². The first kappa shape index (κ1) is 71.2. The van der Waals surface area contributed by atoms with Gasteiger partial charge in [-0.3, -0.25) is 9.36 Å². The zero-order valence-corrected chi connectivity index (χ0v) is 49.7. The minimum atomic E-state index is -4.54. The Morgan fingerprint density at radius 1 is 0.438 bits per heavy atom. The maximum absolute atomic E-state index is 12.8. The monoisotopic (exact) mass is 1050 g/mol. The standard InChI is InChI=1S/C64H120NO7P/c1-6-8-10-12-14-16-18-20-22-24-26-28-30-32-34-36-38-40-42-44-46-48-50-52-54-56-59-69-61-63(62-71-73(67,68)70-60-58-65(3,4)5)72-64(66)57-55-53-51-49-47-45-43-41-39-37-35-33-31-29-27-25-23-21-19-17-15-13-11-9-7-2/h8,10,14,16,20,22,25-28,63H,6-7,9,11-13,15,17-19,21,23-24,29-62H2,1-5H3/b10-8-,16-14-,22-20-,27-25-,28-26-. The third-order valence-corrected chi connectivity index (χ3v) is 14.5. The molecule has 0 aromatic rings. The van der Waals surface area contributed by atoms with Gasteiger partial charge >= 0.3 is 5.97 Å². The summed E-state index contributed by atoms with van der Waals surface area (Å²) in [5, 5.41) is 0. The predicted molar refractivity (Wildman–Crippen MR) is 314 cm³/mol. The molecule has 0 aliphatic rings. The summed E-state index contributed by atoms with van der Waals surface area (Å²) < 4.78 is 34.9. The molecule has 0 aromatic heterocycles. The second-order valence-corrected chi connectivity index (χ2v) is 23.4. The molecule has 0 saturated heterocycles. The summed E-state index contributed by atoms with van der Waals surface area (Å²) in [6, 6.07) is 0. The van der Waals surface area contributed by atoms with Gasteiger partial charge in [-0.25, -0.2) is 0 Å². The molecule has 9 heteroatoms. The Balaban J connectivity index is 4.02. The van der Waals surface area contributed by atoms with E-state index in [0.717, 1.165) is 57.8 Å². The number of unbranched alkanes of at least 4 members (excludes halogenated alkanes) is 34. The molecule has 0 radical (unpaired) electrons. The maximum atomic E-state index is 12.8. The molecule has 0 saturated carbocycles. The van der Waals surface area contributed by atoms with E-state index in [9.17, 15) is 14.3 Å². The van der Waals surface area contributed by atoms with Gasteiger partial charge in [-0.2, -0.15) is 0 Å². The number of carbonyl (C=O) groups is 1. The van der Waals surface area contributed by atoms with Crippen LogP contribution in [0.3, 0.4) is 0 Å². The van der Waals surface area contributed by atoms with Crippen LogP contribution >= 0.6 is 7.82 Å². The van der Waals surface area contributed by atoms with E-state index in [1.165, 1.54) is 205 Å². The van der Waals surface area contributed by atoms with Crippen molar-refractivity contribution in [3.63, 3.8) is 0 Å². The molecule has 428 valence electrons. The molecule has 0 aliphatic heterocycles. The van der Waals surface area contributed by atoms with Gasteiger partial charge in [0.05, 0.1) is 34.4 Å². The van der Waals surface area contributed by atoms with Crippen molar-refractivity contribution in [2.45, 2.75) is 290 Å². The third kappa shape index (κ3) is 60.9. The van der Waals surface area contributed by atoms with Crippen LogP contribution in [0.5, 0.6) is 0 Å². The fraction of sp³-hybridized carbons (Fsp3) is 0.828. The minimum absolute atomic E-state index is 0.0255. The van der Waals surface area contributed by atoms with Crippen LogP contribution in [0.2, 0.25) is 0 Å². The number of quaternary nitrogens is 1. The van der Waals surface area contributed by atoms with Gasteiger partial charge < -0.3 is 27.9 Å². The molecule has 0 rings (SSSR count). The Morgan fingerprint density at radius 2 is 0.795 bits per heavy atom. The van der Waals surface area contributed by atoms with Crippen LogP contribution in [-0.2, 0) is 27.9 Å². The van der Waals surface area contributed by atoms with E-state index in [-0.39, 0.29) is 25.8 Å². The van der Waals surface area contributed by atoms with Crippen molar-refractivity contribution < 1.29 is 37.3 Å². The zero-order chi connectivity index (χ0) is 53.3. The lowest BCUT2D eigenvalue weighted by atomic mass is 10.0. The lowest BCUT2D eigenvalue weighted by Gasteiger charge is -2.28. The first-order chi connectivity index (χ1) is 35.6. The van der Waals surface area contributed by atoms with Crippen molar-refractivity contribution in [1.82, 2.24) is 0 Å². The average molecular weight is 1050 g/mol. The third-order valence-electron chi connectivity index (χ3n) is 13.6. The molecular weight excluding hydrogens is 926 g/mol. The number of phosphoric ester groups is 1. The SMILES string of the molecule is CC/C=C\C/C=C\C/C=C\C/C=C\CCCCCCCCCCCCCCCOCC(COP(=O)([O-])OCC[N+](C)(C)C)OC(=O)CCCCCCCCCCCCCCC/C=C\CCCCCCCCCC. The highest BCUT2D eigenvalue weighted by molar-refractivity contribution is 7.45. The summed E-state index contributed by atoms with van der Waals surface area (Å²) in [6.07, 6.45) is 74.2. The molecule has 0 amide bonds. The molecular formula is C64H120NO7P. The molecule has 0 fully saturated rings. The normalized spacial score (nSPS) is 13.8.